The summed E-state index contributed by atoms with van der Waals surface area (Å²) in [6.07, 6.45) is 9.78. The molecule has 2 rings (SSSR count). The van der Waals surface area contributed by atoms with E-state index in [-0.39, 0.29) is 5.41 Å². The Labute approximate surface area is 117 Å². The van der Waals surface area contributed by atoms with Crippen LogP contribution in [-0.4, -0.2) is 34.7 Å². The van der Waals surface area contributed by atoms with E-state index < -0.39 is 0 Å². The van der Waals surface area contributed by atoms with Gasteiger partial charge in [-0.05, 0) is 24.8 Å². The molecule has 2 atom stereocenters. The third kappa shape index (κ3) is 4.62. The lowest BCUT2D eigenvalue weighted by atomic mass is 9.86. The summed E-state index contributed by atoms with van der Waals surface area (Å²) in [5.41, 5.74) is 0.249. The lowest BCUT2D eigenvalue weighted by Crippen LogP contribution is -2.50. The molecule has 1 aromatic rings. The SMILES string of the molecule is CC(C)(C)C(Cn1ccnc1)NCC1CCCCN1. The fourth-order valence-electron chi connectivity index (χ4n) is 2.63. The van der Waals surface area contributed by atoms with E-state index in [0.29, 0.717) is 12.1 Å². The zero-order valence-corrected chi connectivity index (χ0v) is 12.5. The molecule has 0 bridgehead atoms. The van der Waals surface area contributed by atoms with E-state index in [4.69, 9.17) is 0 Å². The molecular formula is C15H28N4. The van der Waals surface area contributed by atoms with E-state index >= 15 is 0 Å². The van der Waals surface area contributed by atoms with Crippen molar-refractivity contribution in [1.82, 2.24) is 20.2 Å². The number of piperidine rings is 1. The van der Waals surface area contributed by atoms with E-state index in [1.165, 1.54) is 25.8 Å². The van der Waals surface area contributed by atoms with Crippen LogP contribution in [0.3, 0.4) is 0 Å². The molecule has 19 heavy (non-hydrogen) atoms. The van der Waals surface area contributed by atoms with Crippen molar-refractivity contribution in [3.05, 3.63) is 18.7 Å². The van der Waals surface area contributed by atoms with Crippen LogP contribution in [-0.2, 0) is 6.54 Å². The summed E-state index contributed by atoms with van der Waals surface area (Å²) in [5, 5.41) is 7.36. The van der Waals surface area contributed by atoms with Crippen LogP contribution in [0.4, 0.5) is 0 Å². The van der Waals surface area contributed by atoms with Gasteiger partial charge >= 0.3 is 0 Å². The first-order chi connectivity index (χ1) is 9.05. The Bertz CT molecular complexity index is 347. The maximum Gasteiger partial charge on any atom is 0.0946 e. The maximum atomic E-state index is 4.13. The van der Waals surface area contributed by atoms with Gasteiger partial charge in [-0.2, -0.15) is 0 Å². The molecule has 0 amide bonds. The maximum absolute atomic E-state index is 4.13. The second-order valence-electron chi connectivity index (χ2n) is 6.73. The Hall–Kier alpha value is -0.870. The summed E-state index contributed by atoms with van der Waals surface area (Å²) in [4.78, 5) is 4.13. The molecule has 0 aromatic carbocycles. The van der Waals surface area contributed by atoms with Crippen molar-refractivity contribution in [2.45, 2.75) is 58.7 Å². The highest BCUT2D eigenvalue weighted by atomic mass is 15.1. The molecule has 0 radical (unpaired) electrons. The van der Waals surface area contributed by atoms with Crippen molar-refractivity contribution in [3.8, 4) is 0 Å². The third-order valence-electron chi connectivity index (χ3n) is 4.02. The largest absolute Gasteiger partial charge is 0.336 e. The molecule has 108 valence electrons. The van der Waals surface area contributed by atoms with Crippen LogP contribution in [0.5, 0.6) is 0 Å². The molecule has 1 aliphatic rings. The molecule has 0 aliphatic carbocycles. The summed E-state index contributed by atoms with van der Waals surface area (Å²) in [7, 11) is 0. The Kier molecular flexibility index (Phi) is 4.99. The van der Waals surface area contributed by atoms with Gasteiger partial charge in [0.15, 0.2) is 0 Å². The standard InChI is InChI=1S/C15H28N4/c1-15(2,3)14(11-19-9-8-16-12-19)18-10-13-6-4-5-7-17-13/h8-9,12-14,17-18H,4-7,10-11H2,1-3H3. The number of rotatable bonds is 5. The van der Waals surface area contributed by atoms with Gasteiger partial charge in [-0.3, -0.25) is 0 Å². The van der Waals surface area contributed by atoms with Gasteiger partial charge in [0, 0.05) is 37.6 Å². The minimum atomic E-state index is 0.249. The number of hydrogen-bond donors (Lipinski definition) is 2. The van der Waals surface area contributed by atoms with Crippen LogP contribution in [0.15, 0.2) is 18.7 Å². The second kappa shape index (κ2) is 6.53. The lowest BCUT2D eigenvalue weighted by molar-refractivity contribution is 0.229. The highest BCUT2D eigenvalue weighted by Gasteiger charge is 2.25. The topological polar surface area (TPSA) is 41.9 Å². The van der Waals surface area contributed by atoms with Crippen molar-refractivity contribution in [2.75, 3.05) is 13.1 Å². The van der Waals surface area contributed by atoms with Crippen molar-refractivity contribution in [2.24, 2.45) is 5.41 Å². The molecule has 4 nitrogen and oxygen atoms in total. The fraction of sp³-hybridized carbons (Fsp3) is 0.800. The van der Waals surface area contributed by atoms with Crippen molar-refractivity contribution in [3.63, 3.8) is 0 Å². The van der Waals surface area contributed by atoms with E-state index in [1.807, 2.05) is 18.7 Å². The Morgan fingerprint density at radius 3 is 2.84 bits per heavy atom. The van der Waals surface area contributed by atoms with Gasteiger partial charge in [0.1, 0.15) is 0 Å². The zero-order valence-electron chi connectivity index (χ0n) is 12.5. The van der Waals surface area contributed by atoms with E-state index in [0.717, 1.165) is 13.1 Å². The number of aromatic nitrogens is 2. The predicted molar refractivity (Wildman–Crippen MR) is 79.1 cm³/mol. The van der Waals surface area contributed by atoms with Gasteiger partial charge in [0.2, 0.25) is 0 Å². The summed E-state index contributed by atoms with van der Waals surface area (Å²) < 4.78 is 2.16. The van der Waals surface area contributed by atoms with Gasteiger partial charge in [-0.25, -0.2) is 4.98 Å². The highest BCUT2D eigenvalue weighted by molar-refractivity contribution is 4.86. The highest BCUT2D eigenvalue weighted by Crippen LogP contribution is 2.21. The van der Waals surface area contributed by atoms with Gasteiger partial charge in [0.05, 0.1) is 6.33 Å². The Morgan fingerprint density at radius 2 is 2.26 bits per heavy atom. The second-order valence-corrected chi connectivity index (χ2v) is 6.73. The number of hydrogen-bond acceptors (Lipinski definition) is 3. The monoisotopic (exact) mass is 264 g/mol. The molecule has 1 aliphatic heterocycles. The van der Waals surface area contributed by atoms with E-state index in [1.54, 1.807) is 0 Å². The van der Waals surface area contributed by atoms with Crippen molar-refractivity contribution < 1.29 is 0 Å². The van der Waals surface area contributed by atoms with Crippen LogP contribution in [0.2, 0.25) is 0 Å². The van der Waals surface area contributed by atoms with Crippen molar-refractivity contribution >= 4 is 0 Å². The minimum absolute atomic E-state index is 0.249. The predicted octanol–water partition coefficient (Wildman–Crippen LogP) is 2.03. The first-order valence-corrected chi connectivity index (χ1v) is 7.48. The summed E-state index contributed by atoms with van der Waals surface area (Å²) in [5.74, 6) is 0. The number of nitrogens with one attached hydrogen (secondary N) is 2. The number of imidazole rings is 1. The van der Waals surface area contributed by atoms with E-state index in [9.17, 15) is 0 Å². The smallest absolute Gasteiger partial charge is 0.0946 e. The van der Waals surface area contributed by atoms with Gasteiger partial charge in [-0.15, -0.1) is 0 Å². The molecule has 0 saturated carbocycles. The molecule has 2 heterocycles. The van der Waals surface area contributed by atoms with Crippen LogP contribution in [0.1, 0.15) is 40.0 Å². The lowest BCUT2D eigenvalue weighted by Gasteiger charge is -2.34. The molecular weight excluding hydrogens is 236 g/mol. The Morgan fingerprint density at radius 1 is 1.42 bits per heavy atom. The van der Waals surface area contributed by atoms with Gasteiger partial charge in [0.25, 0.3) is 0 Å². The van der Waals surface area contributed by atoms with Crippen LogP contribution >= 0.6 is 0 Å². The third-order valence-corrected chi connectivity index (χ3v) is 4.02. The fourth-order valence-corrected chi connectivity index (χ4v) is 2.63. The molecule has 2 unspecified atom stereocenters. The van der Waals surface area contributed by atoms with Crippen molar-refractivity contribution in [1.29, 1.82) is 0 Å². The first kappa shape index (κ1) is 14.5. The quantitative estimate of drug-likeness (QED) is 0.855. The average molecular weight is 264 g/mol. The molecule has 0 spiro atoms. The normalized spacial score (nSPS) is 22.4. The average Bonchev–Trinajstić information content (AvgIpc) is 2.87. The molecule has 4 heteroatoms. The summed E-state index contributed by atoms with van der Waals surface area (Å²) in [6.45, 7) is 10.1. The molecule has 1 saturated heterocycles. The van der Waals surface area contributed by atoms with Gasteiger partial charge in [-0.1, -0.05) is 27.2 Å². The van der Waals surface area contributed by atoms with Crippen LogP contribution in [0, 0.1) is 5.41 Å². The summed E-state index contributed by atoms with van der Waals surface area (Å²) in [6, 6.07) is 1.10. The zero-order chi connectivity index (χ0) is 13.7. The first-order valence-electron chi connectivity index (χ1n) is 7.48. The summed E-state index contributed by atoms with van der Waals surface area (Å²) >= 11 is 0. The van der Waals surface area contributed by atoms with Gasteiger partial charge < -0.3 is 15.2 Å². The number of nitrogens with zero attached hydrogens (tertiary/aromatic N) is 2. The van der Waals surface area contributed by atoms with E-state index in [2.05, 4.69) is 41.0 Å². The Balaban J connectivity index is 1.86. The molecule has 2 N–H and O–H groups in total. The molecule has 1 fully saturated rings. The minimum Gasteiger partial charge on any atom is -0.336 e. The van der Waals surface area contributed by atoms with Crippen LogP contribution in [0.25, 0.3) is 0 Å². The van der Waals surface area contributed by atoms with Crippen LogP contribution < -0.4 is 10.6 Å². The molecule has 1 aromatic heterocycles.